The van der Waals surface area contributed by atoms with Gasteiger partial charge >= 0.3 is 6.03 Å². The maximum atomic E-state index is 11.9. The van der Waals surface area contributed by atoms with Crippen LogP contribution in [-0.2, 0) is 17.6 Å². The number of halogens is 1. The second-order valence-electron chi connectivity index (χ2n) is 4.55. The topological polar surface area (TPSA) is 49.4 Å². The third kappa shape index (κ3) is 3.70. The van der Waals surface area contributed by atoms with Crippen molar-refractivity contribution in [2.24, 2.45) is 0 Å². The van der Waals surface area contributed by atoms with Gasteiger partial charge in [-0.15, -0.1) is 11.6 Å². The normalized spacial score (nSPS) is 14.5. The van der Waals surface area contributed by atoms with Gasteiger partial charge in [-0.1, -0.05) is 24.3 Å². The molecule has 3 amide bonds. The summed E-state index contributed by atoms with van der Waals surface area (Å²) < 4.78 is 0. The van der Waals surface area contributed by atoms with Crippen molar-refractivity contribution in [2.75, 3.05) is 19.0 Å². The number of amides is 3. The molecular weight excluding hydrogens is 264 g/mol. The van der Waals surface area contributed by atoms with E-state index in [1.54, 1.807) is 4.90 Å². The average molecular weight is 281 g/mol. The summed E-state index contributed by atoms with van der Waals surface area (Å²) >= 11 is 5.47. The zero-order valence-corrected chi connectivity index (χ0v) is 11.4. The molecule has 1 aliphatic heterocycles. The molecule has 0 atom stereocenters. The van der Waals surface area contributed by atoms with Crippen LogP contribution in [0.2, 0.25) is 0 Å². The van der Waals surface area contributed by atoms with Crippen LogP contribution < -0.4 is 5.32 Å². The Hall–Kier alpha value is -1.55. The first kappa shape index (κ1) is 13.9. The summed E-state index contributed by atoms with van der Waals surface area (Å²) in [7, 11) is 0. The Bertz CT molecular complexity index is 449. The van der Waals surface area contributed by atoms with Gasteiger partial charge in [0, 0.05) is 25.4 Å². The second kappa shape index (κ2) is 6.57. The van der Waals surface area contributed by atoms with Crippen molar-refractivity contribution in [3.63, 3.8) is 0 Å². The number of carbonyl (C=O) groups excluding carboxylic acids is 2. The molecule has 1 aromatic rings. The van der Waals surface area contributed by atoms with Crippen LogP contribution in [-0.4, -0.2) is 35.8 Å². The highest BCUT2D eigenvalue weighted by Crippen LogP contribution is 2.15. The van der Waals surface area contributed by atoms with Gasteiger partial charge in [-0.3, -0.25) is 10.1 Å². The average Bonchev–Trinajstić information content (AvgIpc) is 2.61. The Morgan fingerprint density at radius 1 is 1.16 bits per heavy atom. The Morgan fingerprint density at radius 2 is 1.74 bits per heavy atom. The van der Waals surface area contributed by atoms with Crippen LogP contribution in [0.4, 0.5) is 4.79 Å². The highest BCUT2D eigenvalue weighted by atomic mass is 35.5. The van der Waals surface area contributed by atoms with Crippen LogP contribution in [0.3, 0.4) is 0 Å². The molecule has 2 rings (SSSR count). The molecule has 0 aromatic heterocycles. The second-order valence-corrected chi connectivity index (χ2v) is 4.93. The van der Waals surface area contributed by atoms with E-state index in [1.165, 1.54) is 11.1 Å². The summed E-state index contributed by atoms with van der Waals surface area (Å²) in [6.45, 7) is 1.27. The molecule has 1 aliphatic rings. The molecule has 0 unspecified atom stereocenters. The first-order chi connectivity index (χ1) is 9.20. The predicted octanol–water partition coefficient (Wildman–Crippen LogP) is 1.95. The van der Waals surface area contributed by atoms with Gasteiger partial charge in [0.15, 0.2) is 0 Å². The van der Waals surface area contributed by atoms with E-state index < -0.39 is 0 Å². The molecule has 0 saturated carbocycles. The van der Waals surface area contributed by atoms with Crippen LogP contribution in [0.15, 0.2) is 24.3 Å². The summed E-state index contributed by atoms with van der Waals surface area (Å²) in [6, 6.07) is 7.89. The number of rotatable bonds is 2. The van der Waals surface area contributed by atoms with Gasteiger partial charge in [-0.05, 0) is 24.0 Å². The SMILES string of the molecule is O=C(CCCl)NC(=O)N1CCc2ccccc2CC1. The number of carbonyl (C=O) groups is 2. The molecule has 19 heavy (non-hydrogen) atoms. The lowest BCUT2D eigenvalue weighted by Crippen LogP contribution is -2.44. The van der Waals surface area contributed by atoms with Crippen LogP contribution in [0.5, 0.6) is 0 Å². The van der Waals surface area contributed by atoms with Gasteiger partial charge in [-0.2, -0.15) is 0 Å². The van der Waals surface area contributed by atoms with E-state index in [0.29, 0.717) is 13.1 Å². The Labute approximate surface area is 117 Å². The van der Waals surface area contributed by atoms with Crippen molar-refractivity contribution in [3.05, 3.63) is 35.4 Å². The largest absolute Gasteiger partial charge is 0.324 e. The molecule has 0 saturated heterocycles. The van der Waals surface area contributed by atoms with Crippen molar-refractivity contribution in [2.45, 2.75) is 19.3 Å². The highest BCUT2D eigenvalue weighted by Gasteiger charge is 2.19. The molecule has 1 N–H and O–H groups in total. The van der Waals surface area contributed by atoms with Crippen LogP contribution in [0, 0.1) is 0 Å². The van der Waals surface area contributed by atoms with Crippen LogP contribution >= 0.6 is 11.6 Å². The number of imide groups is 1. The number of benzene rings is 1. The quantitative estimate of drug-likeness (QED) is 0.842. The van der Waals surface area contributed by atoms with Gasteiger partial charge in [0.1, 0.15) is 0 Å². The smallest absolute Gasteiger partial charge is 0.324 e. The van der Waals surface area contributed by atoms with Crippen molar-refractivity contribution in [3.8, 4) is 0 Å². The number of urea groups is 1. The fourth-order valence-electron chi connectivity index (χ4n) is 2.22. The van der Waals surface area contributed by atoms with Crippen molar-refractivity contribution in [1.29, 1.82) is 0 Å². The molecule has 0 spiro atoms. The maximum absolute atomic E-state index is 11.9. The van der Waals surface area contributed by atoms with Gasteiger partial charge in [0.2, 0.25) is 5.91 Å². The minimum absolute atomic E-state index is 0.168. The molecule has 0 fully saturated rings. The molecule has 5 heteroatoms. The van der Waals surface area contributed by atoms with E-state index in [2.05, 4.69) is 17.4 Å². The van der Waals surface area contributed by atoms with Crippen molar-refractivity contribution >= 4 is 23.5 Å². The molecule has 1 aromatic carbocycles. The summed E-state index contributed by atoms with van der Waals surface area (Å²) in [6.07, 6.45) is 1.82. The Morgan fingerprint density at radius 3 is 2.26 bits per heavy atom. The van der Waals surface area contributed by atoms with Gasteiger partial charge in [-0.25, -0.2) is 4.79 Å². The summed E-state index contributed by atoms with van der Waals surface area (Å²) in [4.78, 5) is 25.0. The molecule has 102 valence electrons. The lowest BCUT2D eigenvalue weighted by Gasteiger charge is -2.20. The van der Waals surface area contributed by atoms with E-state index >= 15 is 0 Å². The number of hydrogen-bond acceptors (Lipinski definition) is 2. The zero-order chi connectivity index (χ0) is 13.7. The molecule has 1 heterocycles. The fourth-order valence-corrected chi connectivity index (χ4v) is 2.39. The molecule has 0 aliphatic carbocycles. The monoisotopic (exact) mass is 280 g/mol. The standard InChI is InChI=1S/C14H17ClN2O2/c15-8-5-13(18)16-14(19)17-9-6-11-3-1-2-4-12(11)7-10-17/h1-4H,5-10H2,(H,16,18,19). The first-order valence-electron chi connectivity index (χ1n) is 6.42. The Balaban J connectivity index is 1.94. The van der Waals surface area contributed by atoms with Crippen molar-refractivity contribution < 1.29 is 9.59 Å². The molecular formula is C14H17ClN2O2. The zero-order valence-electron chi connectivity index (χ0n) is 10.7. The van der Waals surface area contributed by atoms with E-state index in [9.17, 15) is 9.59 Å². The van der Waals surface area contributed by atoms with E-state index in [4.69, 9.17) is 11.6 Å². The number of fused-ring (bicyclic) bond motifs is 1. The fraction of sp³-hybridized carbons (Fsp3) is 0.429. The Kier molecular flexibility index (Phi) is 4.80. The lowest BCUT2D eigenvalue weighted by molar-refractivity contribution is -0.119. The third-order valence-corrected chi connectivity index (χ3v) is 3.46. The van der Waals surface area contributed by atoms with Crippen LogP contribution in [0.1, 0.15) is 17.5 Å². The summed E-state index contributed by atoms with van der Waals surface area (Å²) in [5.74, 6) is -0.0911. The minimum Gasteiger partial charge on any atom is -0.324 e. The highest BCUT2D eigenvalue weighted by molar-refractivity contribution is 6.19. The first-order valence-corrected chi connectivity index (χ1v) is 6.95. The van der Waals surface area contributed by atoms with Gasteiger partial charge < -0.3 is 4.90 Å². The maximum Gasteiger partial charge on any atom is 0.324 e. The van der Waals surface area contributed by atoms with E-state index in [0.717, 1.165) is 12.8 Å². The van der Waals surface area contributed by atoms with E-state index in [1.807, 2.05) is 12.1 Å². The van der Waals surface area contributed by atoms with Crippen molar-refractivity contribution in [1.82, 2.24) is 10.2 Å². The summed E-state index contributed by atoms with van der Waals surface area (Å²) in [5.41, 5.74) is 2.56. The molecule has 4 nitrogen and oxygen atoms in total. The molecule has 0 radical (unpaired) electrons. The number of alkyl halides is 1. The minimum atomic E-state index is -0.318. The number of nitrogens with one attached hydrogen (secondary N) is 1. The number of nitrogens with zero attached hydrogens (tertiary/aromatic N) is 1. The van der Waals surface area contributed by atoms with Crippen LogP contribution in [0.25, 0.3) is 0 Å². The third-order valence-electron chi connectivity index (χ3n) is 3.28. The van der Waals surface area contributed by atoms with Gasteiger partial charge in [0.05, 0.1) is 0 Å². The van der Waals surface area contributed by atoms with Gasteiger partial charge in [0.25, 0.3) is 0 Å². The lowest BCUT2D eigenvalue weighted by atomic mass is 10.0. The molecule has 0 bridgehead atoms. The predicted molar refractivity (Wildman–Crippen MR) is 74.3 cm³/mol. The summed E-state index contributed by atoms with van der Waals surface area (Å²) in [5, 5.41) is 2.37. The number of hydrogen-bond donors (Lipinski definition) is 1. The van der Waals surface area contributed by atoms with E-state index in [-0.39, 0.29) is 24.2 Å².